The van der Waals surface area contributed by atoms with Gasteiger partial charge in [0.05, 0.1) is 6.04 Å². The summed E-state index contributed by atoms with van der Waals surface area (Å²) >= 11 is 12.4. The van der Waals surface area contributed by atoms with Crippen LogP contribution in [0.1, 0.15) is 35.1 Å². The van der Waals surface area contributed by atoms with Gasteiger partial charge in [0.15, 0.2) is 0 Å². The topological polar surface area (TPSA) is 58.2 Å². The van der Waals surface area contributed by atoms with Crippen molar-refractivity contribution in [3.63, 3.8) is 0 Å². The zero-order valence-corrected chi connectivity index (χ0v) is 18.0. The van der Waals surface area contributed by atoms with E-state index < -0.39 is 34.9 Å². The second-order valence-corrected chi connectivity index (χ2v) is 8.86. The van der Waals surface area contributed by atoms with Gasteiger partial charge in [-0.05, 0) is 41.5 Å². The molecule has 32 heavy (non-hydrogen) atoms. The first kappa shape index (κ1) is 20.9. The minimum atomic E-state index is -1.41. The number of piperidine rings is 1. The molecule has 5 rings (SSSR count). The first-order chi connectivity index (χ1) is 15.3. The average Bonchev–Trinajstić information content (AvgIpc) is 3.01. The Labute approximate surface area is 192 Å². The predicted molar refractivity (Wildman–Crippen MR) is 118 cm³/mol. The minimum Gasteiger partial charge on any atom is -0.348 e. The number of benzene rings is 3. The van der Waals surface area contributed by atoms with Crippen LogP contribution in [0.25, 0.3) is 0 Å². The van der Waals surface area contributed by atoms with Crippen LogP contribution in [0.2, 0.25) is 10.0 Å². The van der Waals surface area contributed by atoms with E-state index in [1.165, 1.54) is 6.07 Å². The lowest BCUT2D eigenvalue weighted by atomic mass is 9.59. The Morgan fingerprint density at radius 3 is 2.47 bits per heavy atom. The summed E-state index contributed by atoms with van der Waals surface area (Å²) in [5.74, 6) is -3.03. The number of hydrogen-bond acceptors (Lipinski definition) is 2. The maximum atomic E-state index is 15.0. The Hall–Kier alpha value is -2.96. The van der Waals surface area contributed by atoms with Crippen molar-refractivity contribution in [2.45, 2.75) is 23.8 Å². The molecule has 1 saturated heterocycles. The number of anilines is 1. The van der Waals surface area contributed by atoms with Gasteiger partial charge >= 0.3 is 0 Å². The van der Waals surface area contributed by atoms with Gasteiger partial charge in [-0.2, -0.15) is 0 Å². The number of nitrogens with one attached hydrogen (secondary N) is 2. The van der Waals surface area contributed by atoms with Crippen LogP contribution in [-0.4, -0.2) is 11.8 Å². The van der Waals surface area contributed by atoms with Gasteiger partial charge in [0, 0.05) is 39.7 Å². The molecule has 162 valence electrons. The molecule has 1 spiro atoms. The highest BCUT2D eigenvalue weighted by Gasteiger charge is 2.61. The van der Waals surface area contributed by atoms with E-state index in [0.29, 0.717) is 26.9 Å². The van der Waals surface area contributed by atoms with Crippen molar-refractivity contribution in [3.05, 3.63) is 99.0 Å². The van der Waals surface area contributed by atoms with E-state index in [9.17, 15) is 18.4 Å². The molecule has 4 nitrogen and oxygen atoms in total. The van der Waals surface area contributed by atoms with E-state index in [0.717, 1.165) is 12.1 Å². The summed E-state index contributed by atoms with van der Waals surface area (Å²) in [5.41, 5.74) is 0.336. The average molecular weight is 473 g/mol. The van der Waals surface area contributed by atoms with Crippen molar-refractivity contribution in [1.82, 2.24) is 5.32 Å². The zero-order valence-electron chi connectivity index (χ0n) is 16.5. The van der Waals surface area contributed by atoms with Crippen molar-refractivity contribution >= 4 is 40.7 Å². The van der Waals surface area contributed by atoms with E-state index in [2.05, 4.69) is 10.6 Å². The fourth-order valence-electron chi connectivity index (χ4n) is 5.01. The molecule has 0 aliphatic carbocycles. The van der Waals surface area contributed by atoms with Crippen molar-refractivity contribution in [2.75, 3.05) is 5.32 Å². The summed E-state index contributed by atoms with van der Waals surface area (Å²) in [5, 5.41) is 6.52. The molecule has 0 aromatic heterocycles. The summed E-state index contributed by atoms with van der Waals surface area (Å²) < 4.78 is 28.7. The molecule has 2 N–H and O–H groups in total. The van der Waals surface area contributed by atoms with Crippen molar-refractivity contribution in [2.24, 2.45) is 0 Å². The first-order valence-electron chi connectivity index (χ1n) is 9.92. The molecular formula is C24H16Cl2F2N2O2. The van der Waals surface area contributed by atoms with E-state index >= 15 is 0 Å². The van der Waals surface area contributed by atoms with Gasteiger partial charge in [0.1, 0.15) is 17.0 Å². The van der Waals surface area contributed by atoms with Crippen LogP contribution in [0.4, 0.5) is 14.5 Å². The summed E-state index contributed by atoms with van der Waals surface area (Å²) in [4.78, 5) is 26.5. The number of hydrogen-bond donors (Lipinski definition) is 2. The number of fused-ring (bicyclic) bond motifs is 2. The van der Waals surface area contributed by atoms with Crippen LogP contribution in [0, 0.1) is 11.6 Å². The molecule has 3 aromatic rings. The molecule has 0 bridgehead atoms. The van der Waals surface area contributed by atoms with Crippen molar-refractivity contribution in [1.29, 1.82) is 0 Å². The number of halogens is 4. The smallest absolute Gasteiger partial charge is 0.238 e. The fourth-order valence-corrected chi connectivity index (χ4v) is 5.38. The molecular weight excluding hydrogens is 457 g/mol. The monoisotopic (exact) mass is 472 g/mol. The van der Waals surface area contributed by atoms with E-state index in [1.54, 1.807) is 42.5 Å². The molecule has 0 unspecified atom stereocenters. The third-order valence-electron chi connectivity index (χ3n) is 6.28. The van der Waals surface area contributed by atoms with Crippen LogP contribution in [0.3, 0.4) is 0 Å². The molecule has 3 aromatic carbocycles. The van der Waals surface area contributed by atoms with Gasteiger partial charge in [0.2, 0.25) is 11.8 Å². The third kappa shape index (κ3) is 3.09. The normalized spacial score (nSPS) is 24.2. The highest BCUT2D eigenvalue weighted by molar-refractivity contribution is 6.31. The maximum absolute atomic E-state index is 15.0. The van der Waals surface area contributed by atoms with Gasteiger partial charge in [-0.15, -0.1) is 0 Å². The van der Waals surface area contributed by atoms with Crippen LogP contribution >= 0.6 is 23.2 Å². The number of rotatable bonds is 2. The number of carbonyl (C=O) groups is 2. The Morgan fingerprint density at radius 1 is 0.938 bits per heavy atom. The highest BCUT2D eigenvalue weighted by Crippen LogP contribution is 2.57. The molecule has 8 heteroatoms. The van der Waals surface area contributed by atoms with Crippen molar-refractivity contribution < 1.29 is 18.4 Å². The molecule has 1 fully saturated rings. The van der Waals surface area contributed by atoms with Crippen LogP contribution < -0.4 is 10.6 Å². The van der Waals surface area contributed by atoms with Gasteiger partial charge in [-0.1, -0.05) is 47.5 Å². The first-order valence-corrected chi connectivity index (χ1v) is 10.7. The van der Waals surface area contributed by atoms with E-state index in [-0.39, 0.29) is 17.9 Å². The molecule has 0 saturated carbocycles. The standard InChI is InChI=1S/C24H16Cl2F2N2O2/c25-13-3-1-2-12(8-13)18-11-21(31)30-22(16-6-5-15(27)10-19(16)28)24(18)17-7-4-14(26)9-20(17)29-23(24)32/h1-10,18,22H,11H2,(H,29,32)(H,30,31)/t18-,22-,24-/m0/s1. The quantitative estimate of drug-likeness (QED) is 0.516. The molecule has 2 heterocycles. The van der Waals surface area contributed by atoms with Crippen molar-refractivity contribution in [3.8, 4) is 0 Å². The molecule has 2 aliphatic rings. The largest absolute Gasteiger partial charge is 0.348 e. The minimum absolute atomic E-state index is 0.0180. The van der Waals surface area contributed by atoms with E-state index in [1.807, 2.05) is 0 Å². The lowest BCUT2D eigenvalue weighted by Gasteiger charge is -2.46. The van der Waals surface area contributed by atoms with Crippen LogP contribution in [0.15, 0.2) is 60.7 Å². The Morgan fingerprint density at radius 2 is 1.72 bits per heavy atom. The lowest BCUT2D eigenvalue weighted by Crippen LogP contribution is -2.57. The highest BCUT2D eigenvalue weighted by atomic mass is 35.5. The van der Waals surface area contributed by atoms with Gasteiger partial charge in [-0.25, -0.2) is 8.78 Å². The Kier molecular flexibility index (Phi) is 4.95. The van der Waals surface area contributed by atoms with E-state index in [4.69, 9.17) is 23.2 Å². The second kappa shape index (κ2) is 7.57. The summed E-state index contributed by atoms with van der Waals surface area (Å²) in [7, 11) is 0. The van der Waals surface area contributed by atoms with Gasteiger partial charge < -0.3 is 10.6 Å². The fraction of sp³-hybridized carbons (Fsp3) is 0.167. The lowest BCUT2D eigenvalue weighted by molar-refractivity contribution is -0.131. The number of amides is 2. The van der Waals surface area contributed by atoms with Gasteiger partial charge in [-0.3, -0.25) is 9.59 Å². The number of carbonyl (C=O) groups excluding carboxylic acids is 2. The summed E-state index contributed by atoms with van der Waals surface area (Å²) in [6.45, 7) is 0. The molecule has 2 aliphatic heterocycles. The predicted octanol–water partition coefficient (Wildman–Crippen LogP) is 5.51. The Bertz CT molecular complexity index is 1280. The third-order valence-corrected chi connectivity index (χ3v) is 6.75. The molecule has 3 atom stereocenters. The zero-order chi connectivity index (χ0) is 22.6. The second-order valence-electron chi connectivity index (χ2n) is 7.99. The van der Waals surface area contributed by atoms with Gasteiger partial charge in [0.25, 0.3) is 0 Å². The SMILES string of the molecule is O=C1C[C@@H](c2cccc(Cl)c2)[C@]2(C(=O)Nc3cc(Cl)ccc32)[C@H](c2ccc(F)cc2F)N1. The maximum Gasteiger partial charge on any atom is 0.238 e. The summed E-state index contributed by atoms with van der Waals surface area (Å²) in [6.07, 6.45) is -0.0187. The molecule has 2 amide bonds. The summed E-state index contributed by atoms with van der Waals surface area (Å²) in [6, 6.07) is 13.9. The molecule has 0 radical (unpaired) electrons. The van der Waals surface area contributed by atoms with Crippen LogP contribution in [0.5, 0.6) is 0 Å². The Balaban J connectivity index is 1.82. The van der Waals surface area contributed by atoms with Crippen LogP contribution in [-0.2, 0) is 15.0 Å².